The summed E-state index contributed by atoms with van der Waals surface area (Å²) in [5.41, 5.74) is 3.15. The Hall–Kier alpha value is -0.930. The summed E-state index contributed by atoms with van der Waals surface area (Å²) in [5, 5.41) is 0. The topological polar surface area (TPSA) is 17.1 Å². The van der Waals surface area contributed by atoms with Crippen LogP contribution in [0.15, 0.2) is 34.6 Å². The van der Waals surface area contributed by atoms with Gasteiger partial charge in [-0.2, -0.15) is 0 Å². The highest BCUT2D eigenvalue weighted by molar-refractivity contribution is 8.25. The van der Waals surface area contributed by atoms with E-state index in [1.165, 1.54) is 4.24 Å². The van der Waals surface area contributed by atoms with E-state index >= 15 is 0 Å². The number of hydrogen-bond acceptors (Lipinski definition) is 3. The average Bonchev–Trinajstić information content (AvgIpc) is 2.82. The number of carbonyl (C=O) groups excluding carboxylic acids is 1. The quantitative estimate of drug-likeness (QED) is 0.653. The van der Waals surface area contributed by atoms with E-state index in [9.17, 15) is 4.79 Å². The molecular formula is C13H10OS2. The molecule has 3 heteroatoms. The van der Waals surface area contributed by atoms with Crippen molar-refractivity contribution in [1.29, 1.82) is 0 Å². The zero-order valence-corrected chi connectivity index (χ0v) is 10.2. The molecule has 0 radical (unpaired) electrons. The van der Waals surface area contributed by atoms with Gasteiger partial charge in [-0.05, 0) is 17.2 Å². The minimum atomic E-state index is 0.149. The minimum Gasteiger partial charge on any atom is -0.289 e. The first kappa shape index (κ1) is 10.2. The fourth-order valence-corrected chi connectivity index (χ4v) is 4.50. The van der Waals surface area contributed by atoms with Crippen molar-refractivity contribution in [3.8, 4) is 0 Å². The van der Waals surface area contributed by atoms with Gasteiger partial charge in [-0.25, -0.2) is 0 Å². The number of ketones is 1. The Balaban J connectivity index is 2.21. The van der Waals surface area contributed by atoms with Crippen molar-refractivity contribution in [2.24, 2.45) is 0 Å². The molecule has 0 atom stereocenters. The maximum Gasteiger partial charge on any atom is 0.188 e. The maximum absolute atomic E-state index is 12.0. The molecule has 0 saturated carbocycles. The molecule has 0 aromatic heterocycles. The van der Waals surface area contributed by atoms with E-state index in [1.54, 1.807) is 29.6 Å². The van der Waals surface area contributed by atoms with E-state index in [1.807, 2.05) is 24.3 Å². The summed E-state index contributed by atoms with van der Waals surface area (Å²) >= 11 is 3.61. The predicted octanol–water partition coefficient (Wildman–Crippen LogP) is 3.43. The molecular weight excluding hydrogens is 236 g/mol. The number of allylic oxidation sites excluding steroid dienone is 2. The van der Waals surface area contributed by atoms with Gasteiger partial charge in [-0.15, -0.1) is 23.5 Å². The van der Waals surface area contributed by atoms with Crippen molar-refractivity contribution in [3.05, 3.63) is 45.7 Å². The molecule has 1 fully saturated rings. The Morgan fingerprint density at radius 3 is 2.56 bits per heavy atom. The van der Waals surface area contributed by atoms with Crippen molar-refractivity contribution >= 4 is 41.0 Å². The summed E-state index contributed by atoms with van der Waals surface area (Å²) in [6, 6.07) is 8.11. The molecule has 1 nitrogen and oxygen atoms in total. The second-order valence-electron chi connectivity index (χ2n) is 3.64. The number of benzene rings is 1. The second-order valence-corrected chi connectivity index (χ2v) is 6.11. The number of thioether (sulfide) groups is 2. The Kier molecular flexibility index (Phi) is 2.65. The molecule has 1 aliphatic heterocycles. The molecule has 1 saturated heterocycles. The lowest BCUT2D eigenvalue weighted by atomic mass is 9.93. The Morgan fingerprint density at radius 1 is 1.00 bits per heavy atom. The highest BCUT2D eigenvalue weighted by atomic mass is 32.2. The van der Waals surface area contributed by atoms with E-state index in [0.29, 0.717) is 0 Å². The lowest BCUT2D eigenvalue weighted by Gasteiger charge is -2.14. The van der Waals surface area contributed by atoms with Crippen LogP contribution >= 0.6 is 23.5 Å². The summed E-state index contributed by atoms with van der Waals surface area (Å²) < 4.78 is 1.20. The van der Waals surface area contributed by atoms with E-state index < -0.39 is 0 Å². The summed E-state index contributed by atoms with van der Waals surface area (Å²) in [6.45, 7) is 0. The molecule has 3 rings (SSSR count). The zero-order chi connectivity index (χ0) is 11.0. The van der Waals surface area contributed by atoms with Crippen LogP contribution in [0.1, 0.15) is 11.1 Å². The molecule has 1 aromatic rings. The van der Waals surface area contributed by atoms with Gasteiger partial charge in [0.2, 0.25) is 0 Å². The van der Waals surface area contributed by atoms with Crippen LogP contribution in [-0.4, -0.2) is 17.3 Å². The Bertz CT molecular complexity index is 506. The highest BCUT2D eigenvalue weighted by Crippen LogP contribution is 2.43. The summed E-state index contributed by atoms with van der Waals surface area (Å²) in [6.07, 6.45) is 3.59. The fourth-order valence-electron chi connectivity index (χ4n) is 1.92. The molecule has 0 N–H and O–H groups in total. The first-order valence-electron chi connectivity index (χ1n) is 5.18. The van der Waals surface area contributed by atoms with Gasteiger partial charge in [0.15, 0.2) is 5.78 Å². The molecule has 0 spiro atoms. The SMILES string of the molecule is O=C1C=Cc2ccccc2C1=C1SCCS1. The standard InChI is InChI=1S/C13H10OS2/c14-11-6-5-9-3-1-2-4-10(9)12(11)13-15-7-8-16-13/h1-6H,7-8H2. The molecule has 0 bridgehead atoms. The van der Waals surface area contributed by atoms with E-state index in [0.717, 1.165) is 28.2 Å². The number of fused-ring (bicyclic) bond motifs is 1. The number of carbonyl (C=O) groups is 1. The Labute approximate surface area is 103 Å². The first-order chi connectivity index (χ1) is 7.86. The molecule has 0 amide bonds. The van der Waals surface area contributed by atoms with Gasteiger partial charge in [0.05, 0.1) is 4.24 Å². The zero-order valence-electron chi connectivity index (χ0n) is 8.60. The van der Waals surface area contributed by atoms with Crippen molar-refractivity contribution in [3.63, 3.8) is 0 Å². The van der Waals surface area contributed by atoms with Crippen molar-refractivity contribution in [2.75, 3.05) is 11.5 Å². The van der Waals surface area contributed by atoms with Gasteiger partial charge in [-0.1, -0.05) is 30.3 Å². The molecule has 2 aliphatic rings. The summed E-state index contributed by atoms with van der Waals surface area (Å²) in [4.78, 5) is 12.0. The third kappa shape index (κ3) is 1.64. The predicted molar refractivity (Wildman–Crippen MR) is 72.3 cm³/mol. The van der Waals surface area contributed by atoms with Gasteiger partial charge in [0.25, 0.3) is 0 Å². The van der Waals surface area contributed by atoms with E-state index in [-0.39, 0.29) is 5.78 Å². The number of rotatable bonds is 0. The van der Waals surface area contributed by atoms with Crippen molar-refractivity contribution in [2.45, 2.75) is 0 Å². The van der Waals surface area contributed by atoms with E-state index in [2.05, 4.69) is 6.07 Å². The van der Waals surface area contributed by atoms with Crippen LogP contribution in [0.2, 0.25) is 0 Å². The van der Waals surface area contributed by atoms with Crippen LogP contribution < -0.4 is 0 Å². The first-order valence-corrected chi connectivity index (χ1v) is 7.15. The minimum absolute atomic E-state index is 0.149. The van der Waals surface area contributed by atoms with Gasteiger partial charge in [0, 0.05) is 17.1 Å². The highest BCUT2D eigenvalue weighted by Gasteiger charge is 2.23. The van der Waals surface area contributed by atoms with Crippen LogP contribution in [0.4, 0.5) is 0 Å². The van der Waals surface area contributed by atoms with Crippen LogP contribution in [0.3, 0.4) is 0 Å². The average molecular weight is 246 g/mol. The molecule has 0 unspecified atom stereocenters. The van der Waals surface area contributed by atoms with Gasteiger partial charge >= 0.3 is 0 Å². The fraction of sp³-hybridized carbons (Fsp3) is 0.154. The van der Waals surface area contributed by atoms with Crippen molar-refractivity contribution < 1.29 is 4.79 Å². The second kappa shape index (κ2) is 4.15. The monoisotopic (exact) mass is 246 g/mol. The van der Waals surface area contributed by atoms with Crippen LogP contribution in [-0.2, 0) is 4.79 Å². The summed E-state index contributed by atoms with van der Waals surface area (Å²) in [5.74, 6) is 2.38. The van der Waals surface area contributed by atoms with Crippen LogP contribution in [0.5, 0.6) is 0 Å². The lowest BCUT2D eigenvalue weighted by molar-refractivity contribution is -0.109. The van der Waals surface area contributed by atoms with Gasteiger partial charge in [0.1, 0.15) is 0 Å². The number of hydrogen-bond donors (Lipinski definition) is 0. The largest absolute Gasteiger partial charge is 0.289 e. The summed E-state index contributed by atoms with van der Waals surface area (Å²) in [7, 11) is 0. The third-order valence-electron chi connectivity index (χ3n) is 2.64. The molecule has 1 heterocycles. The molecule has 16 heavy (non-hydrogen) atoms. The van der Waals surface area contributed by atoms with Crippen molar-refractivity contribution in [1.82, 2.24) is 0 Å². The molecule has 1 aromatic carbocycles. The Morgan fingerprint density at radius 2 is 1.75 bits per heavy atom. The smallest absolute Gasteiger partial charge is 0.188 e. The molecule has 80 valence electrons. The third-order valence-corrected chi connectivity index (χ3v) is 5.36. The lowest BCUT2D eigenvalue weighted by Crippen LogP contribution is -2.05. The maximum atomic E-state index is 12.0. The van der Waals surface area contributed by atoms with Gasteiger partial charge < -0.3 is 0 Å². The van der Waals surface area contributed by atoms with Crippen LogP contribution in [0, 0.1) is 0 Å². The van der Waals surface area contributed by atoms with E-state index in [4.69, 9.17) is 0 Å². The molecule has 1 aliphatic carbocycles. The normalized spacial score (nSPS) is 19.1. The van der Waals surface area contributed by atoms with Crippen LogP contribution in [0.25, 0.3) is 11.6 Å². The van der Waals surface area contributed by atoms with Gasteiger partial charge in [-0.3, -0.25) is 4.79 Å².